The molecule has 0 unspecified atom stereocenters. The summed E-state index contributed by atoms with van der Waals surface area (Å²) < 4.78 is 5.38. The van der Waals surface area contributed by atoms with Crippen LogP contribution in [0.15, 0.2) is 73.1 Å². The lowest BCUT2D eigenvalue weighted by molar-refractivity contribution is -0.110. The number of amides is 1. The fourth-order valence-corrected chi connectivity index (χ4v) is 3.75. The number of nitrogens with one attached hydrogen (secondary N) is 2. The largest absolute Gasteiger partial charge is 0.378 e. The average molecular weight is 398 g/mol. The van der Waals surface area contributed by atoms with E-state index < -0.39 is 0 Å². The molecule has 0 bridgehead atoms. The van der Waals surface area contributed by atoms with Gasteiger partial charge < -0.3 is 20.3 Å². The smallest absolute Gasteiger partial charge is 0.257 e. The molecule has 1 saturated heterocycles. The van der Waals surface area contributed by atoms with Gasteiger partial charge in [-0.15, -0.1) is 0 Å². The molecule has 0 spiro atoms. The molecule has 0 radical (unpaired) electrons. The van der Waals surface area contributed by atoms with Gasteiger partial charge >= 0.3 is 0 Å². The summed E-state index contributed by atoms with van der Waals surface area (Å²) in [5.41, 5.74) is 5.37. The molecule has 0 aliphatic carbocycles. The van der Waals surface area contributed by atoms with Crippen LogP contribution in [0.1, 0.15) is 5.56 Å². The van der Waals surface area contributed by atoms with Gasteiger partial charge in [0.25, 0.3) is 5.91 Å². The van der Waals surface area contributed by atoms with Crippen LogP contribution in [0.4, 0.5) is 17.2 Å². The number of pyridine rings is 1. The minimum Gasteiger partial charge on any atom is -0.378 e. The van der Waals surface area contributed by atoms with Crippen LogP contribution in [0.3, 0.4) is 0 Å². The monoisotopic (exact) mass is 398 g/mol. The lowest BCUT2D eigenvalue weighted by Gasteiger charge is -2.27. The van der Waals surface area contributed by atoms with Crippen molar-refractivity contribution < 1.29 is 9.53 Å². The summed E-state index contributed by atoms with van der Waals surface area (Å²) in [5.74, 6) is 0.828. The number of ether oxygens (including phenoxy) is 1. The van der Waals surface area contributed by atoms with E-state index in [9.17, 15) is 4.79 Å². The molecule has 0 atom stereocenters. The second kappa shape index (κ2) is 8.00. The molecule has 2 N–H and O–H groups in total. The molecule has 150 valence electrons. The Hall–Kier alpha value is -3.64. The van der Waals surface area contributed by atoms with Crippen molar-refractivity contribution in [1.29, 1.82) is 0 Å². The van der Waals surface area contributed by atoms with Crippen LogP contribution in [0, 0.1) is 0 Å². The molecule has 1 fully saturated rings. The molecule has 0 saturated carbocycles. The zero-order chi connectivity index (χ0) is 20.3. The number of hydrogen-bond donors (Lipinski definition) is 2. The molecule has 1 aromatic heterocycles. The third-order valence-corrected chi connectivity index (χ3v) is 5.38. The van der Waals surface area contributed by atoms with Crippen LogP contribution in [-0.4, -0.2) is 37.2 Å². The van der Waals surface area contributed by atoms with E-state index in [-0.39, 0.29) is 5.91 Å². The van der Waals surface area contributed by atoms with Gasteiger partial charge in [-0.1, -0.05) is 42.5 Å². The number of hydrogen-bond acceptors (Lipinski definition) is 5. The van der Waals surface area contributed by atoms with E-state index in [1.165, 1.54) is 0 Å². The molecule has 1 amide bonds. The average Bonchev–Trinajstić information content (AvgIpc) is 3.13. The van der Waals surface area contributed by atoms with Crippen molar-refractivity contribution in [2.75, 3.05) is 41.8 Å². The zero-order valence-electron chi connectivity index (χ0n) is 16.5. The molecule has 6 nitrogen and oxygen atoms in total. The molecule has 3 heterocycles. The van der Waals surface area contributed by atoms with Crippen LogP contribution in [0.5, 0.6) is 0 Å². The molecule has 2 aromatic carbocycles. The topological polar surface area (TPSA) is 66.5 Å². The van der Waals surface area contributed by atoms with E-state index in [1.54, 1.807) is 12.4 Å². The van der Waals surface area contributed by atoms with Gasteiger partial charge in [0.1, 0.15) is 5.82 Å². The third kappa shape index (κ3) is 3.65. The second-order valence-corrected chi connectivity index (χ2v) is 7.29. The number of fused-ring (bicyclic) bond motifs is 1. The van der Waals surface area contributed by atoms with Crippen LogP contribution in [0.2, 0.25) is 0 Å². The van der Waals surface area contributed by atoms with Crippen LogP contribution >= 0.6 is 0 Å². The summed E-state index contributed by atoms with van der Waals surface area (Å²) >= 11 is 0. The molecule has 5 rings (SSSR count). The first kappa shape index (κ1) is 18.4. The number of nitrogens with zero attached hydrogens (tertiary/aromatic N) is 2. The molecule has 30 heavy (non-hydrogen) atoms. The van der Waals surface area contributed by atoms with E-state index in [0.717, 1.165) is 60.2 Å². The highest BCUT2D eigenvalue weighted by Crippen LogP contribution is 2.35. The van der Waals surface area contributed by atoms with Crippen molar-refractivity contribution in [2.45, 2.75) is 0 Å². The van der Waals surface area contributed by atoms with Gasteiger partial charge in [-0.2, -0.15) is 0 Å². The van der Waals surface area contributed by atoms with Gasteiger partial charge in [-0.25, -0.2) is 4.98 Å². The summed E-state index contributed by atoms with van der Waals surface area (Å²) in [4.78, 5) is 19.2. The lowest BCUT2D eigenvalue weighted by Crippen LogP contribution is -2.36. The number of morpholine rings is 1. The maximum Gasteiger partial charge on any atom is 0.257 e. The lowest BCUT2D eigenvalue weighted by atomic mass is 10.0. The molecular formula is C24H22N4O2. The Morgan fingerprint density at radius 3 is 2.60 bits per heavy atom. The Morgan fingerprint density at radius 1 is 1.00 bits per heavy atom. The standard InChI is InChI=1S/C24H22N4O2/c29-24-21(16-25-19-7-9-23(26-15-19)28-10-12-30-13-11-28)20-8-6-18(14-22(20)27-24)17-4-2-1-3-5-17/h1-9,14-16,25H,10-13H2,(H,27,29)/b21-16+. The highest BCUT2D eigenvalue weighted by molar-refractivity contribution is 6.31. The van der Waals surface area contributed by atoms with E-state index in [2.05, 4.69) is 32.7 Å². The Labute approximate surface area is 175 Å². The quantitative estimate of drug-likeness (QED) is 0.651. The second-order valence-electron chi connectivity index (χ2n) is 7.29. The molecule has 6 heteroatoms. The summed E-state index contributed by atoms with van der Waals surface area (Å²) in [5, 5.41) is 6.17. The molecule has 3 aromatic rings. The number of aromatic nitrogens is 1. The first-order valence-electron chi connectivity index (χ1n) is 10.0. The predicted octanol–water partition coefficient (Wildman–Crippen LogP) is 3.99. The fraction of sp³-hybridized carbons (Fsp3) is 0.167. The summed E-state index contributed by atoms with van der Waals surface area (Å²) in [6.07, 6.45) is 3.53. The molecule has 2 aliphatic rings. The van der Waals surface area contributed by atoms with Crippen molar-refractivity contribution in [3.63, 3.8) is 0 Å². The van der Waals surface area contributed by atoms with Gasteiger partial charge in [0.2, 0.25) is 0 Å². The number of benzene rings is 2. The zero-order valence-corrected chi connectivity index (χ0v) is 16.5. The number of carbonyl (C=O) groups excluding carboxylic acids is 1. The van der Waals surface area contributed by atoms with Gasteiger partial charge in [0, 0.05) is 30.5 Å². The van der Waals surface area contributed by atoms with Gasteiger partial charge in [-0.3, -0.25) is 4.79 Å². The number of carbonyl (C=O) groups is 1. The third-order valence-electron chi connectivity index (χ3n) is 5.38. The number of anilines is 3. The van der Waals surface area contributed by atoms with Crippen LogP contribution < -0.4 is 15.5 Å². The van der Waals surface area contributed by atoms with E-state index in [0.29, 0.717) is 5.57 Å². The van der Waals surface area contributed by atoms with Gasteiger partial charge in [0.15, 0.2) is 0 Å². The predicted molar refractivity (Wildman–Crippen MR) is 119 cm³/mol. The first-order chi connectivity index (χ1) is 14.8. The SMILES string of the molecule is O=C1Nc2cc(-c3ccccc3)ccc2/C1=C\Nc1ccc(N2CCOCC2)nc1. The Bertz CT molecular complexity index is 1090. The van der Waals surface area contributed by atoms with Gasteiger partial charge in [-0.05, 0) is 29.3 Å². The van der Waals surface area contributed by atoms with E-state index >= 15 is 0 Å². The Morgan fingerprint density at radius 2 is 1.83 bits per heavy atom. The maximum absolute atomic E-state index is 12.5. The van der Waals surface area contributed by atoms with E-state index in [4.69, 9.17) is 4.74 Å². The maximum atomic E-state index is 12.5. The normalized spacial score (nSPS) is 17.0. The summed E-state index contributed by atoms with van der Waals surface area (Å²) in [6.45, 7) is 3.17. The molecular weight excluding hydrogens is 376 g/mol. The number of rotatable bonds is 4. The highest BCUT2D eigenvalue weighted by atomic mass is 16.5. The van der Waals surface area contributed by atoms with Crippen molar-refractivity contribution in [3.05, 3.63) is 78.6 Å². The minimum absolute atomic E-state index is 0.111. The van der Waals surface area contributed by atoms with Crippen molar-refractivity contribution in [2.24, 2.45) is 0 Å². The van der Waals surface area contributed by atoms with Crippen LogP contribution in [-0.2, 0) is 9.53 Å². The minimum atomic E-state index is -0.111. The van der Waals surface area contributed by atoms with Crippen molar-refractivity contribution in [1.82, 2.24) is 4.98 Å². The van der Waals surface area contributed by atoms with Crippen molar-refractivity contribution in [3.8, 4) is 11.1 Å². The van der Waals surface area contributed by atoms with Crippen LogP contribution in [0.25, 0.3) is 16.7 Å². The highest BCUT2D eigenvalue weighted by Gasteiger charge is 2.24. The summed E-state index contributed by atoms with van der Waals surface area (Å²) in [6, 6.07) is 20.1. The summed E-state index contributed by atoms with van der Waals surface area (Å²) in [7, 11) is 0. The Kier molecular flexibility index (Phi) is 4.91. The fourth-order valence-electron chi connectivity index (χ4n) is 3.75. The van der Waals surface area contributed by atoms with Gasteiger partial charge in [0.05, 0.1) is 30.7 Å². The molecule has 2 aliphatic heterocycles. The van der Waals surface area contributed by atoms with E-state index in [1.807, 2.05) is 48.5 Å². The van der Waals surface area contributed by atoms with Crippen molar-refractivity contribution >= 4 is 28.7 Å². The Balaban J connectivity index is 1.33. The first-order valence-corrected chi connectivity index (χ1v) is 10.0.